The van der Waals surface area contributed by atoms with Crippen LogP contribution in [0.5, 0.6) is 0 Å². The molecule has 3 nitrogen and oxygen atoms in total. The fourth-order valence-electron chi connectivity index (χ4n) is 2.99. The normalized spacial score (nSPS) is 19.8. The molecule has 3 heteroatoms. The standard InChI is InChI=1S/C16H24N2O/c1-16(15(17)19,14-10-6-3-7-11-14)18-12-13-8-4-2-5-9-13/h2,4-5,8-9,14,18H,3,6-7,10-12H2,1H3,(H2,17,19). The van der Waals surface area contributed by atoms with E-state index in [1.807, 2.05) is 25.1 Å². The fourth-order valence-corrected chi connectivity index (χ4v) is 2.99. The summed E-state index contributed by atoms with van der Waals surface area (Å²) >= 11 is 0. The molecule has 0 aromatic heterocycles. The van der Waals surface area contributed by atoms with Gasteiger partial charge in [-0.1, -0.05) is 49.6 Å². The molecule has 1 amide bonds. The van der Waals surface area contributed by atoms with Crippen molar-refractivity contribution in [2.75, 3.05) is 0 Å². The lowest BCUT2D eigenvalue weighted by atomic mass is 9.75. The van der Waals surface area contributed by atoms with Gasteiger partial charge in [0, 0.05) is 6.54 Å². The summed E-state index contributed by atoms with van der Waals surface area (Å²) in [5, 5.41) is 3.41. The van der Waals surface area contributed by atoms with Gasteiger partial charge in [-0.2, -0.15) is 0 Å². The van der Waals surface area contributed by atoms with Crippen LogP contribution in [0.1, 0.15) is 44.6 Å². The zero-order chi connectivity index (χ0) is 13.7. The summed E-state index contributed by atoms with van der Waals surface area (Å²) in [5.41, 5.74) is 6.26. The predicted molar refractivity (Wildman–Crippen MR) is 77.5 cm³/mol. The molecule has 1 aliphatic rings. The maximum absolute atomic E-state index is 11.9. The van der Waals surface area contributed by atoms with Crippen molar-refractivity contribution < 1.29 is 4.79 Å². The van der Waals surface area contributed by atoms with E-state index in [1.54, 1.807) is 0 Å². The third kappa shape index (κ3) is 3.35. The quantitative estimate of drug-likeness (QED) is 0.855. The topological polar surface area (TPSA) is 55.1 Å². The lowest BCUT2D eigenvalue weighted by molar-refractivity contribution is -0.126. The first kappa shape index (κ1) is 14.1. The molecule has 1 fully saturated rings. The summed E-state index contributed by atoms with van der Waals surface area (Å²) in [6.07, 6.45) is 5.90. The van der Waals surface area contributed by atoms with Crippen molar-refractivity contribution in [1.82, 2.24) is 5.32 Å². The first-order valence-corrected chi connectivity index (χ1v) is 7.22. The molecule has 0 aliphatic heterocycles. The van der Waals surface area contributed by atoms with Crippen LogP contribution in [0.15, 0.2) is 30.3 Å². The molecular formula is C16H24N2O. The summed E-state index contributed by atoms with van der Waals surface area (Å²) in [6.45, 7) is 2.66. The van der Waals surface area contributed by atoms with E-state index in [0.717, 1.165) is 12.8 Å². The fraction of sp³-hybridized carbons (Fsp3) is 0.562. The molecule has 1 unspecified atom stereocenters. The van der Waals surface area contributed by atoms with Gasteiger partial charge in [-0.25, -0.2) is 0 Å². The van der Waals surface area contributed by atoms with Crippen LogP contribution in [0, 0.1) is 5.92 Å². The van der Waals surface area contributed by atoms with Gasteiger partial charge in [0.05, 0.1) is 5.54 Å². The number of nitrogens with two attached hydrogens (primary N) is 1. The number of carbonyl (C=O) groups excluding carboxylic acids is 1. The van der Waals surface area contributed by atoms with E-state index in [2.05, 4.69) is 17.4 Å². The van der Waals surface area contributed by atoms with E-state index >= 15 is 0 Å². The average Bonchev–Trinajstić information content (AvgIpc) is 2.46. The Hall–Kier alpha value is -1.35. The first-order valence-electron chi connectivity index (χ1n) is 7.22. The minimum atomic E-state index is -0.587. The Labute approximate surface area is 115 Å². The Kier molecular flexibility index (Phi) is 4.59. The van der Waals surface area contributed by atoms with Gasteiger partial charge in [0.15, 0.2) is 0 Å². The maximum atomic E-state index is 11.9. The molecule has 0 radical (unpaired) electrons. The lowest BCUT2D eigenvalue weighted by Crippen LogP contribution is -2.58. The number of hydrogen-bond donors (Lipinski definition) is 2. The molecular weight excluding hydrogens is 236 g/mol. The second-order valence-corrected chi connectivity index (χ2v) is 5.74. The first-order chi connectivity index (χ1) is 9.13. The van der Waals surface area contributed by atoms with Crippen LogP contribution in [0.3, 0.4) is 0 Å². The molecule has 2 rings (SSSR count). The number of nitrogens with one attached hydrogen (secondary N) is 1. The van der Waals surface area contributed by atoms with Crippen LogP contribution in [-0.2, 0) is 11.3 Å². The van der Waals surface area contributed by atoms with Crippen molar-refractivity contribution in [2.24, 2.45) is 11.7 Å². The van der Waals surface area contributed by atoms with Crippen molar-refractivity contribution in [1.29, 1.82) is 0 Å². The van der Waals surface area contributed by atoms with Gasteiger partial charge < -0.3 is 5.73 Å². The van der Waals surface area contributed by atoms with Gasteiger partial charge in [-0.3, -0.25) is 10.1 Å². The van der Waals surface area contributed by atoms with E-state index in [1.165, 1.54) is 24.8 Å². The highest BCUT2D eigenvalue weighted by Crippen LogP contribution is 2.32. The molecule has 0 heterocycles. The zero-order valence-corrected chi connectivity index (χ0v) is 11.7. The molecule has 1 atom stereocenters. The number of rotatable bonds is 5. The summed E-state index contributed by atoms with van der Waals surface area (Å²) in [4.78, 5) is 11.9. The Balaban J connectivity index is 2.04. The molecule has 19 heavy (non-hydrogen) atoms. The molecule has 3 N–H and O–H groups in total. The van der Waals surface area contributed by atoms with Crippen molar-refractivity contribution in [3.05, 3.63) is 35.9 Å². The van der Waals surface area contributed by atoms with E-state index in [0.29, 0.717) is 12.5 Å². The van der Waals surface area contributed by atoms with Crippen LogP contribution in [0.4, 0.5) is 0 Å². The van der Waals surface area contributed by atoms with Crippen LogP contribution in [0.25, 0.3) is 0 Å². The second kappa shape index (κ2) is 6.20. The third-order valence-electron chi connectivity index (χ3n) is 4.44. The van der Waals surface area contributed by atoms with Gasteiger partial charge in [0.1, 0.15) is 0 Å². The van der Waals surface area contributed by atoms with Gasteiger partial charge in [0.2, 0.25) is 5.91 Å². The van der Waals surface area contributed by atoms with Gasteiger partial charge in [-0.15, -0.1) is 0 Å². The SMILES string of the molecule is CC(NCc1ccccc1)(C(N)=O)C1CCCCC1. The number of benzene rings is 1. The second-order valence-electron chi connectivity index (χ2n) is 5.74. The van der Waals surface area contributed by atoms with Crippen molar-refractivity contribution in [2.45, 2.75) is 51.1 Å². The molecule has 1 aromatic rings. The van der Waals surface area contributed by atoms with Crippen molar-refractivity contribution in [3.63, 3.8) is 0 Å². The van der Waals surface area contributed by atoms with Crippen molar-refractivity contribution >= 4 is 5.91 Å². The third-order valence-corrected chi connectivity index (χ3v) is 4.44. The highest BCUT2D eigenvalue weighted by molar-refractivity contribution is 5.84. The zero-order valence-electron chi connectivity index (χ0n) is 11.7. The number of carbonyl (C=O) groups is 1. The van der Waals surface area contributed by atoms with E-state index in [9.17, 15) is 4.79 Å². The maximum Gasteiger partial charge on any atom is 0.237 e. The molecule has 0 saturated heterocycles. The lowest BCUT2D eigenvalue weighted by Gasteiger charge is -2.38. The predicted octanol–water partition coefficient (Wildman–Crippen LogP) is 2.60. The molecule has 1 aromatic carbocycles. The van der Waals surface area contributed by atoms with Gasteiger partial charge >= 0.3 is 0 Å². The number of primary amides is 1. The Morgan fingerprint density at radius 2 is 1.89 bits per heavy atom. The van der Waals surface area contributed by atoms with E-state index in [4.69, 9.17) is 5.73 Å². The largest absolute Gasteiger partial charge is 0.368 e. The highest BCUT2D eigenvalue weighted by Gasteiger charge is 2.39. The van der Waals surface area contributed by atoms with Gasteiger partial charge in [-0.05, 0) is 31.2 Å². The van der Waals surface area contributed by atoms with Gasteiger partial charge in [0.25, 0.3) is 0 Å². The van der Waals surface area contributed by atoms with Crippen LogP contribution < -0.4 is 11.1 Å². The van der Waals surface area contributed by atoms with E-state index in [-0.39, 0.29) is 5.91 Å². The van der Waals surface area contributed by atoms with Crippen molar-refractivity contribution in [3.8, 4) is 0 Å². The smallest absolute Gasteiger partial charge is 0.237 e. The Morgan fingerprint density at radius 3 is 2.47 bits per heavy atom. The van der Waals surface area contributed by atoms with Crippen LogP contribution in [-0.4, -0.2) is 11.4 Å². The Bertz CT molecular complexity index is 412. The van der Waals surface area contributed by atoms with Crippen LogP contribution >= 0.6 is 0 Å². The summed E-state index contributed by atoms with van der Waals surface area (Å²) in [6, 6.07) is 10.2. The highest BCUT2D eigenvalue weighted by atomic mass is 16.1. The summed E-state index contributed by atoms with van der Waals surface area (Å²) in [5.74, 6) is 0.137. The average molecular weight is 260 g/mol. The van der Waals surface area contributed by atoms with Crippen LogP contribution in [0.2, 0.25) is 0 Å². The Morgan fingerprint density at radius 1 is 1.26 bits per heavy atom. The summed E-state index contributed by atoms with van der Waals surface area (Å²) < 4.78 is 0. The minimum absolute atomic E-state index is 0.227. The number of amides is 1. The molecule has 1 saturated carbocycles. The number of hydrogen-bond acceptors (Lipinski definition) is 2. The summed E-state index contributed by atoms with van der Waals surface area (Å²) in [7, 11) is 0. The molecule has 0 bridgehead atoms. The minimum Gasteiger partial charge on any atom is -0.368 e. The molecule has 0 spiro atoms. The monoisotopic (exact) mass is 260 g/mol. The molecule has 1 aliphatic carbocycles. The van der Waals surface area contributed by atoms with E-state index < -0.39 is 5.54 Å². The molecule has 104 valence electrons.